The van der Waals surface area contributed by atoms with Crippen LogP contribution in [-0.4, -0.2) is 62.4 Å². The Balaban J connectivity index is 1.48. The van der Waals surface area contributed by atoms with Crippen molar-refractivity contribution in [2.75, 3.05) is 36.2 Å². The summed E-state index contributed by atoms with van der Waals surface area (Å²) in [5.74, 6) is 1.76. The van der Waals surface area contributed by atoms with Crippen molar-refractivity contribution < 1.29 is 18.4 Å². The van der Waals surface area contributed by atoms with Crippen molar-refractivity contribution in [3.8, 4) is 17.1 Å². The van der Waals surface area contributed by atoms with Gasteiger partial charge in [-0.25, -0.2) is 9.67 Å². The van der Waals surface area contributed by atoms with Gasteiger partial charge in [-0.05, 0) is 25.0 Å². The Morgan fingerprint density at radius 2 is 2.09 bits per heavy atom. The molecule has 1 aliphatic carbocycles. The summed E-state index contributed by atoms with van der Waals surface area (Å²) in [4.78, 5) is 29.4. The van der Waals surface area contributed by atoms with Gasteiger partial charge in [0.2, 0.25) is 5.91 Å². The maximum atomic E-state index is 12.7. The number of benzene rings is 1. The van der Waals surface area contributed by atoms with Crippen LogP contribution in [-0.2, 0) is 4.79 Å². The summed E-state index contributed by atoms with van der Waals surface area (Å²) in [7, 11) is 1.50. The number of hydrogen-bond donors (Lipinski definition) is 3. The van der Waals surface area contributed by atoms with Crippen LogP contribution in [0.1, 0.15) is 33.5 Å². The fourth-order valence-electron chi connectivity index (χ4n) is 3.48. The number of aromatic nitrogens is 5. The number of carbonyl (C=O) groups is 2. The van der Waals surface area contributed by atoms with Crippen molar-refractivity contribution in [2.45, 2.75) is 18.9 Å². The minimum absolute atomic E-state index is 0.0700. The highest BCUT2D eigenvalue weighted by molar-refractivity contribution is 8.00. The number of thioether (sulfide) groups is 1. The molecule has 1 aromatic carbocycles. The highest BCUT2D eigenvalue weighted by atomic mass is 32.2. The molecule has 5 rings (SSSR count). The predicted octanol–water partition coefficient (Wildman–Crippen LogP) is 2.48. The van der Waals surface area contributed by atoms with E-state index in [-0.39, 0.29) is 29.0 Å². The number of ether oxygens (including phenoxy) is 1. The third-order valence-corrected chi connectivity index (χ3v) is 6.80. The van der Waals surface area contributed by atoms with E-state index in [4.69, 9.17) is 8.85 Å². The Hall–Kier alpha value is -3.67. The molecule has 34 heavy (non-hydrogen) atoms. The van der Waals surface area contributed by atoms with Gasteiger partial charge in [0.25, 0.3) is 5.91 Å². The van der Waals surface area contributed by atoms with Gasteiger partial charge in [0.15, 0.2) is 23.1 Å². The third kappa shape index (κ3) is 4.40. The molecule has 2 fully saturated rings. The van der Waals surface area contributed by atoms with Gasteiger partial charge in [-0.2, -0.15) is 16.9 Å². The first-order valence-corrected chi connectivity index (χ1v) is 11.8. The molecule has 2 aromatic heterocycles. The number of carbonyl (C=O) groups excluding carboxylic acids is 2. The number of para-hydroxylation sites is 1. The minimum atomic E-state index is -2.73. The monoisotopic (exact) mass is 483 g/mol. The van der Waals surface area contributed by atoms with Crippen LogP contribution in [0.3, 0.4) is 0 Å². The molecular weight excluding hydrogens is 456 g/mol. The highest BCUT2D eigenvalue weighted by Crippen LogP contribution is 2.38. The van der Waals surface area contributed by atoms with Gasteiger partial charge in [0.05, 0.1) is 30.1 Å². The van der Waals surface area contributed by atoms with Crippen molar-refractivity contribution >= 4 is 40.8 Å². The van der Waals surface area contributed by atoms with Crippen LogP contribution in [0.4, 0.5) is 17.2 Å². The van der Waals surface area contributed by atoms with Crippen molar-refractivity contribution in [1.82, 2.24) is 30.3 Å². The van der Waals surface area contributed by atoms with Crippen LogP contribution in [0.15, 0.2) is 30.6 Å². The first-order chi connectivity index (χ1) is 17.7. The van der Waals surface area contributed by atoms with Gasteiger partial charge in [-0.3, -0.25) is 9.59 Å². The van der Waals surface area contributed by atoms with Crippen LogP contribution in [0.2, 0.25) is 0 Å². The van der Waals surface area contributed by atoms with Gasteiger partial charge < -0.3 is 20.7 Å². The largest absolute Gasteiger partial charge is 0.494 e. The lowest BCUT2D eigenvalue weighted by Crippen LogP contribution is -2.23. The molecular formula is C22H24N8O3S. The number of amides is 2. The Labute approximate surface area is 204 Å². The molecule has 1 aliphatic heterocycles. The molecule has 11 nitrogen and oxygen atoms in total. The zero-order chi connectivity index (χ0) is 26.2. The number of nitrogens with one attached hydrogen (secondary N) is 3. The van der Waals surface area contributed by atoms with Gasteiger partial charge in [0, 0.05) is 34.6 Å². The first-order valence-electron chi connectivity index (χ1n) is 12.2. The van der Waals surface area contributed by atoms with Crippen molar-refractivity contribution in [1.29, 1.82) is 0 Å². The number of methoxy groups -OCH3 is 1. The van der Waals surface area contributed by atoms with Crippen molar-refractivity contribution in [3.05, 3.63) is 36.3 Å². The molecule has 0 atom stereocenters. The molecule has 0 radical (unpaired) electrons. The first kappa shape index (κ1) is 18.7. The molecule has 1 saturated carbocycles. The van der Waals surface area contributed by atoms with Crippen LogP contribution in [0.25, 0.3) is 11.4 Å². The van der Waals surface area contributed by atoms with Gasteiger partial charge in [-0.15, -0.1) is 10.2 Å². The van der Waals surface area contributed by atoms with Gasteiger partial charge >= 0.3 is 0 Å². The van der Waals surface area contributed by atoms with E-state index in [0.717, 1.165) is 24.3 Å². The SMILES string of the molecule is [2H]C([2H])([2H])NC(=O)c1nnc(NC(=O)C2CC2)cc1Nc1cccc(-c2ncn(C3CSC3)n2)c1OC. The maximum Gasteiger partial charge on any atom is 0.273 e. The van der Waals surface area contributed by atoms with E-state index < -0.39 is 12.9 Å². The molecule has 176 valence electrons. The molecule has 1 saturated heterocycles. The summed E-state index contributed by atoms with van der Waals surface area (Å²) in [6, 6.07) is 7.04. The summed E-state index contributed by atoms with van der Waals surface area (Å²) < 4.78 is 29.6. The van der Waals surface area contributed by atoms with Crippen molar-refractivity contribution in [2.24, 2.45) is 5.92 Å². The second-order valence-corrected chi connectivity index (χ2v) is 9.04. The van der Waals surface area contributed by atoms with Crippen LogP contribution < -0.4 is 20.7 Å². The summed E-state index contributed by atoms with van der Waals surface area (Å²) in [6.45, 7) is -2.73. The summed E-state index contributed by atoms with van der Waals surface area (Å²) >= 11 is 1.84. The van der Waals surface area contributed by atoms with Crippen LogP contribution >= 0.6 is 11.8 Å². The lowest BCUT2D eigenvalue weighted by molar-refractivity contribution is -0.117. The van der Waals surface area contributed by atoms with E-state index in [0.29, 0.717) is 28.9 Å². The maximum absolute atomic E-state index is 12.7. The van der Waals surface area contributed by atoms with E-state index in [1.165, 1.54) is 13.2 Å². The van der Waals surface area contributed by atoms with E-state index >= 15 is 0 Å². The Kier molecular flexibility index (Phi) is 5.12. The lowest BCUT2D eigenvalue weighted by Gasteiger charge is -2.24. The van der Waals surface area contributed by atoms with E-state index in [2.05, 4.69) is 30.9 Å². The predicted molar refractivity (Wildman–Crippen MR) is 128 cm³/mol. The molecule has 3 N–H and O–H groups in total. The zero-order valence-corrected chi connectivity index (χ0v) is 19.1. The molecule has 0 unspecified atom stereocenters. The normalized spacial score (nSPS) is 17.0. The minimum Gasteiger partial charge on any atom is -0.494 e. The average Bonchev–Trinajstić information content (AvgIpc) is 3.56. The Morgan fingerprint density at radius 1 is 1.24 bits per heavy atom. The smallest absolute Gasteiger partial charge is 0.273 e. The average molecular weight is 484 g/mol. The number of rotatable bonds is 8. The second-order valence-electron chi connectivity index (χ2n) is 7.96. The van der Waals surface area contributed by atoms with E-state index in [9.17, 15) is 9.59 Å². The summed E-state index contributed by atoms with van der Waals surface area (Å²) in [6.07, 6.45) is 3.30. The highest BCUT2D eigenvalue weighted by Gasteiger charge is 2.30. The molecule has 3 aromatic rings. The number of anilines is 3. The molecule has 0 bridgehead atoms. The third-order valence-electron chi connectivity index (χ3n) is 5.55. The van der Waals surface area contributed by atoms with Crippen LogP contribution in [0, 0.1) is 5.92 Å². The molecule has 2 amide bonds. The molecule has 3 heterocycles. The zero-order valence-electron chi connectivity index (χ0n) is 21.2. The topological polar surface area (TPSA) is 136 Å². The number of hydrogen-bond acceptors (Lipinski definition) is 9. The number of nitrogens with zero attached hydrogens (tertiary/aromatic N) is 5. The summed E-state index contributed by atoms with van der Waals surface area (Å²) in [5, 5.41) is 20.1. The lowest BCUT2D eigenvalue weighted by atomic mass is 10.1. The Bertz CT molecular complexity index is 1340. The second kappa shape index (κ2) is 9.29. The molecule has 2 aliphatic rings. The standard InChI is InChI=1S/C22H24N8O3S/c1-23-22(32)18-16(8-17(27-28-18)26-21(31)12-6-7-12)25-15-5-3-4-14(19(15)33-2)20-24-11-30(29-20)13-9-34-10-13/h3-5,8,11-13H,6-7,9-10H2,1-2H3,(H,23,32)(H2,25,26,27,31)/i1D3. The molecule has 12 heteroatoms. The fourth-order valence-corrected chi connectivity index (χ4v) is 4.23. The van der Waals surface area contributed by atoms with E-state index in [1.54, 1.807) is 18.5 Å². The fraction of sp³-hybridized carbons (Fsp3) is 0.364. The van der Waals surface area contributed by atoms with Gasteiger partial charge in [0.1, 0.15) is 6.33 Å². The van der Waals surface area contributed by atoms with Gasteiger partial charge in [-0.1, -0.05) is 6.07 Å². The summed E-state index contributed by atoms with van der Waals surface area (Å²) in [5.41, 5.74) is 0.933. The van der Waals surface area contributed by atoms with E-state index in [1.807, 2.05) is 27.8 Å². The van der Waals surface area contributed by atoms with Crippen molar-refractivity contribution in [3.63, 3.8) is 0 Å². The Morgan fingerprint density at radius 3 is 2.79 bits per heavy atom. The quantitative estimate of drug-likeness (QED) is 0.441. The molecule has 0 spiro atoms. The van der Waals surface area contributed by atoms with Crippen LogP contribution in [0.5, 0.6) is 5.75 Å².